The Morgan fingerprint density at radius 1 is 0.974 bits per heavy atom. The van der Waals surface area contributed by atoms with E-state index < -0.39 is 11.9 Å². The fourth-order valence-corrected chi connectivity index (χ4v) is 4.32. The zero-order valence-electron chi connectivity index (χ0n) is 20.7. The first-order chi connectivity index (χ1) is 18.5. The number of benzene rings is 2. The molecule has 1 atom stereocenters. The maximum Gasteiger partial charge on any atom is 0.228 e. The summed E-state index contributed by atoms with van der Waals surface area (Å²) in [4.78, 5) is 8.95. The van der Waals surface area contributed by atoms with E-state index in [1.807, 2.05) is 37.4 Å². The molecule has 0 aliphatic rings. The highest BCUT2D eigenvalue weighted by Crippen LogP contribution is 2.32. The molecule has 4 heterocycles. The van der Waals surface area contributed by atoms with Gasteiger partial charge in [-0.25, -0.2) is 23.7 Å². The Morgan fingerprint density at radius 2 is 1.87 bits per heavy atom. The summed E-state index contributed by atoms with van der Waals surface area (Å²) in [6.45, 7) is 0. The zero-order valence-corrected chi connectivity index (χ0v) is 20.7. The Hall–Kier alpha value is -5.20. The SMILES string of the molecule is COc1ccc([C@@H](c2cnnn2C)n2nnc3cc(-c4ccnc(Nc5ccnn5C)n4)ccc32)cc1F. The van der Waals surface area contributed by atoms with Gasteiger partial charge < -0.3 is 10.1 Å². The summed E-state index contributed by atoms with van der Waals surface area (Å²) in [6.07, 6.45) is 5.01. The number of hydrogen-bond donors (Lipinski definition) is 1. The molecule has 6 rings (SSSR count). The fourth-order valence-electron chi connectivity index (χ4n) is 4.32. The molecule has 0 saturated carbocycles. The number of methoxy groups -OCH3 is 1. The van der Waals surface area contributed by atoms with E-state index in [1.54, 1.807) is 51.8 Å². The minimum atomic E-state index is -0.528. The van der Waals surface area contributed by atoms with Crippen LogP contribution < -0.4 is 10.1 Å². The third-order valence-corrected chi connectivity index (χ3v) is 6.25. The van der Waals surface area contributed by atoms with Gasteiger partial charge in [-0.05, 0) is 35.9 Å². The number of nitrogens with one attached hydrogen (secondary N) is 1. The van der Waals surface area contributed by atoms with Crippen LogP contribution >= 0.6 is 0 Å². The fraction of sp³-hybridized carbons (Fsp3) is 0.160. The van der Waals surface area contributed by atoms with Crippen LogP contribution in [0.1, 0.15) is 17.3 Å². The lowest BCUT2D eigenvalue weighted by atomic mass is 10.0. The van der Waals surface area contributed by atoms with E-state index in [2.05, 4.69) is 41.0 Å². The topological polar surface area (TPSA) is 126 Å². The van der Waals surface area contributed by atoms with Crippen molar-refractivity contribution in [3.63, 3.8) is 0 Å². The Balaban J connectivity index is 1.40. The summed E-state index contributed by atoms with van der Waals surface area (Å²) in [5.74, 6) is 0.897. The summed E-state index contributed by atoms with van der Waals surface area (Å²) in [5, 5.41) is 24.2. The first-order valence-electron chi connectivity index (χ1n) is 11.6. The lowest BCUT2D eigenvalue weighted by Crippen LogP contribution is -2.17. The van der Waals surface area contributed by atoms with Gasteiger partial charge in [0.15, 0.2) is 11.6 Å². The number of nitrogens with zero attached hydrogens (tertiary/aromatic N) is 10. The van der Waals surface area contributed by atoms with Gasteiger partial charge in [0.2, 0.25) is 5.95 Å². The first kappa shape index (κ1) is 23.2. The summed E-state index contributed by atoms with van der Waals surface area (Å²) < 4.78 is 24.8. The molecule has 0 aliphatic heterocycles. The standard InChI is InChI=1S/C25H22FN11O/c1-35-21(14-28-33-35)24(16-5-7-22(38-3)17(26)12-16)37-20-6-4-15(13-19(20)32-34-37)18-8-10-27-25(30-18)31-23-9-11-29-36(23)2/h4-14,24H,1-3H3,(H,27,30,31)/t24-/m0/s1. The quantitative estimate of drug-likeness (QED) is 0.344. The molecular formula is C25H22FN11O. The van der Waals surface area contributed by atoms with E-state index in [4.69, 9.17) is 4.74 Å². The van der Waals surface area contributed by atoms with Crippen LogP contribution in [0.4, 0.5) is 16.2 Å². The largest absolute Gasteiger partial charge is 0.494 e. The van der Waals surface area contributed by atoms with Crippen LogP contribution in [-0.2, 0) is 14.1 Å². The number of rotatable bonds is 7. The molecule has 13 heteroatoms. The van der Waals surface area contributed by atoms with Crippen molar-refractivity contribution in [2.75, 3.05) is 12.4 Å². The third-order valence-electron chi connectivity index (χ3n) is 6.25. The van der Waals surface area contributed by atoms with E-state index >= 15 is 0 Å². The Morgan fingerprint density at radius 3 is 2.61 bits per heavy atom. The van der Waals surface area contributed by atoms with Crippen molar-refractivity contribution in [3.05, 3.63) is 84.2 Å². The van der Waals surface area contributed by atoms with Crippen LogP contribution in [0.25, 0.3) is 22.3 Å². The van der Waals surface area contributed by atoms with Crippen LogP contribution in [0.2, 0.25) is 0 Å². The van der Waals surface area contributed by atoms with Gasteiger partial charge in [-0.2, -0.15) is 5.10 Å². The molecule has 4 aromatic heterocycles. The summed E-state index contributed by atoms with van der Waals surface area (Å²) >= 11 is 0. The molecule has 0 fully saturated rings. The van der Waals surface area contributed by atoms with E-state index in [0.717, 1.165) is 16.9 Å². The molecule has 6 aromatic rings. The number of ether oxygens (including phenoxy) is 1. The van der Waals surface area contributed by atoms with Crippen LogP contribution in [0.15, 0.2) is 67.1 Å². The molecule has 0 radical (unpaired) electrons. The Kier molecular flexibility index (Phi) is 5.71. The summed E-state index contributed by atoms with van der Waals surface area (Å²) in [6, 6.07) is 13.7. The maximum absolute atomic E-state index is 14.7. The minimum Gasteiger partial charge on any atom is -0.494 e. The molecule has 38 heavy (non-hydrogen) atoms. The average molecular weight is 512 g/mol. The summed E-state index contributed by atoms with van der Waals surface area (Å²) in [5.41, 5.74) is 4.31. The second-order valence-corrected chi connectivity index (χ2v) is 8.55. The van der Waals surface area contributed by atoms with E-state index in [0.29, 0.717) is 28.4 Å². The second-order valence-electron chi connectivity index (χ2n) is 8.55. The number of anilines is 2. The number of halogens is 1. The highest BCUT2D eigenvalue weighted by molar-refractivity contribution is 5.81. The van der Waals surface area contributed by atoms with Crippen molar-refractivity contribution in [1.29, 1.82) is 0 Å². The number of aromatic nitrogens is 10. The van der Waals surface area contributed by atoms with Crippen molar-refractivity contribution < 1.29 is 9.13 Å². The molecule has 190 valence electrons. The van der Waals surface area contributed by atoms with Crippen molar-refractivity contribution in [2.24, 2.45) is 14.1 Å². The predicted molar refractivity (Wildman–Crippen MR) is 136 cm³/mol. The first-order valence-corrected chi connectivity index (χ1v) is 11.6. The molecule has 0 spiro atoms. The maximum atomic E-state index is 14.7. The van der Waals surface area contributed by atoms with Gasteiger partial charge in [-0.15, -0.1) is 10.2 Å². The normalized spacial score (nSPS) is 12.1. The van der Waals surface area contributed by atoms with Gasteiger partial charge in [0.1, 0.15) is 17.4 Å². The molecular weight excluding hydrogens is 489 g/mol. The van der Waals surface area contributed by atoms with Gasteiger partial charge in [0.05, 0.1) is 36.4 Å². The van der Waals surface area contributed by atoms with Crippen molar-refractivity contribution in [1.82, 2.24) is 49.7 Å². The van der Waals surface area contributed by atoms with Gasteiger partial charge in [-0.1, -0.05) is 22.6 Å². The van der Waals surface area contributed by atoms with Gasteiger partial charge in [0.25, 0.3) is 0 Å². The molecule has 0 amide bonds. The van der Waals surface area contributed by atoms with Crippen LogP contribution in [0.3, 0.4) is 0 Å². The minimum absolute atomic E-state index is 0.158. The van der Waals surface area contributed by atoms with Gasteiger partial charge in [-0.3, -0.25) is 4.68 Å². The smallest absolute Gasteiger partial charge is 0.228 e. The molecule has 0 unspecified atom stereocenters. The Bertz CT molecular complexity index is 1760. The average Bonchev–Trinajstić information content (AvgIpc) is 3.65. The number of hydrogen-bond acceptors (Lipinski definition) is 9. The highest BCUT2D eigenvalue weighted by atomic mass is 19.1. The third kappa shape index (κ3) is 4.09. The monoisotopic (exact) mass is 511 g/mol. The van der Waals surface area contributed by atoms with E-state index in [9.17, 15) is 4.39 Å². The van der Waals surface area contributed by atoms with Crippen LogP contribution in [0.5, 0.6) is 5.75 Å². The molecule has 2 aromatic carbocycles. The van der Waals surface area contributed by atoms with Crippen LogP contribution in [0, 0.1) is 5.82 Å². The van der Waals surface area contributed by atoms with Crippen LogP contribution in [-0.4, -0.2) is 56.8 Å². The van der Waals surface area contributed by atoms with Gasteiger partial charge >= 0.3 is 0 Å². The van der Waals surface area contributed by atoms with Crippen molar-refractivity contribution >= 4 is 22.8 Å². The molecule has 0 saturated heterocycles. The van der Waals surface area contributed by atoms with Gasteiger partial charge in [0, 0.05) is 31.9 Å². The molecule has 0 bridgehead atoms. The lowest BCUT2D eigenvalue weighted by Gasteiger charge is -2.19. The lowest BCUT2D eigenvalue weighted by molar-refractivity contribution is 0.385. The van der Waals surface area contributed by atoms with E-state index in [-0.39, 0.29) is 5.75 Å². The molecule has 0 aliphatic carbocycles. The van der Waals surface area contributed by atoms with Crippen molar-refractivity contribution in [3.8, 4) is 17.0 Å². The number of fused-ring (bicyclic) bond motifs is 1. The Labute approximate surface area is 215 Å². The second kappa shape index (κ2) is 9.35. The predicted octanol–water partition coefficient (Wildman–Crippen LogP) is 3.28. The molecule has 12 nitrogen and oxygen atoms in total. The van der Waals surface area contributed by atoms with Crippen molar-refractivity contribution in [2.45, 2.75) is 6.04 Å². The van der Waals surface area contributed by atoms with E-state index in [1.165, 1.54) is 13.2 Å². The zero-order chi connectivity index (χ0) is 26.2. The summed E-state index contributed by atoms with van der Waals surface area (Å²) in [7, 11) is 5.04. The number of aryl methyl sites for hydroxylation is 2. The molecule has 1 N–H and O–H groups in total. The highest BCUT2D eigenvalue weighted by Gasteiger charge is 2.25.